The molecule has 0 aliphatic carbocycles. The summed E-state index contributed by atoms with van der Waals surface area (Å²) in [4.78, 5) is 29.5. The van der Waals surface area contributed by atoms with E-state index in [1.54, 1.807) is 44.6 Å². The van der Waals surface area contributed by atoms with E-state index >= 15 is 0 Å². The number of carbonyl (C=O) groups is 2. The molecular weight excluding hydrogens is 492 g/mol. The number of amides is 2. The van der Waals surface area contributed by atoms with Gasteiger partial charge in [-0.25, -0.2) is 0 Å². The summed E-state index contributed by atoms with van der Waals surface area (Å²) in [6, 6.07) is 9.58. The van der Waals surface area contributed by atoms with Crippen LogP contribution >= 0.6 is 0 Å². The molecule has 0 spiro atoms. The van der Waals surface area contributed by atoms with Gasteiger partial charge < -0.3 is 40.1 Å². The van der Waals surface area contributed by atoms with Gasteiger partial charge in [0.1, 0.15) is 6.04 Å². The van der Waals surface area contributed by atoms with Crippen molar-refractivity contribution < 1.29 is 33.3 Å². The van der Waals surface area contributed by atoms with Crippen LogP contribution in [0, 0.1) is 0 Å². The normalized spacial score (nSPS) is 12.3. The first-order chi connectivity index (χ1) is 18.0. The van der Waals surface area contributed by atoms with Crippen molar-refractivity contribution in [3.05, 3.63) is 47.5 Å². The number of ether oxygens (including phenoxy) is 5. The van der Waals surface area contributed by atoms with E-state index in [9.17, 15) is 9.59 Å². The van der Waals surface area contributed by atoms with Crippen LogP contribution in [0.4, 0.5) is 0 Å². The molecule has 0 radical (unpaired) electrons. The first-order valence-electron chi connectivity index (χ1n) is 12.0. The molecule has 2 aromatic carbocycles. The maximum Gasteiger partial charge on any atom is 0.253 e. The minimum absolute atomic E-state index is 0.00135. The summed E-state index contributed by atoms with van der Waals surface area (Å²) in [5.74, 6) is 1.11. The van der Waals surface area contributed by atoms with Gasteiger partial charge in [-0.15, -0.1) is 0 Å². The number of guanidine groups is 1. The summed E-state index contributed by atoms with van der Waals surface area (Å²) < 4.78 is 26.8. The number of hydrogen-bond donors (Lipinski definition) is 3. The minimum atomic E-state index is -0.896. The number of carbonyl (C=O) groups excluding carboxylic acids is 2. The molecule has 1 unspecified atom stereocenters. The summed E-state index contributed by atoms with van der Waals surface area (Å²) in [7, 11) is 6.14. The number of rotatable bonds is 12. The van der Waals surface area contributed by atoms with Crippen molar-refractivity contribution in [2.75, 3.05) is 35.0 Å². The molecule has 0 aliphatic heterocycles. The Bertz CT molecular complexity index is 1130. The van der Waals surface area contributed by atoms with Crippen molar-refractivity contribution in [3.63, 3.8) is 0 Å². The van der Waals surface area contributed by atoms with Crippen molar-refractivity contribution in [3.8, 4) is 23.0 Å². The summed E-state index contributed by atoms with van der Waals surface area (Å²) in [6.45, 7) is 5.84. The van der Waals surface area contributed by atoms with Gasteiger partial charge in [-0.05, 0) is 56.2 Å². The van der Waals surface area contributed by atoms with E-state index in [-0.39, 0.29) is 31.4 Å². The molecule has 208 valence electrons. The molecule has 2 rings (SSSR count). The second kappa shape index (κ2) is 14.1. The van der Waals surface area contributed by atoms with Crippen molar-refractivity contribution in [1.29, 1.82) is 0 Å². The average Bonchev–Trinajstić information content (AvgIpc) is 2.88. The Morgan fingerprint density at radius 1 is 0.868 bits per heavy atom. The van der Waals surface area contributed by atoms with Gasteiger partial charge in [0.05, 0.1) is 47.1 Å². The molecule has 4 N–H and O–H groups in total. The van der Waals surface area contributed by atoms with Crippen LogP contribution in [0.15, 0.2) is 41.4 Å². The second-order valence-electron chi connectivity index (χ2n) is 9.28. The van der Waals surface area contributed by atoms with Crippen molar-refractivity contribution in [2.24, 2.45) is 10.7 Å². The Hall–Kier alpha value is -3.99. The maximum atomic E-state index is 13.0. The van der Waals surface area contributed by atoms with Crippen LogP contribution in [0.25, 0.3) is 0 Å². The lowest BCUT2D eigenvalue weighted by Gasteiger charge is -2.25. The van der Waals surface area contributed by atoms with Gasteiger partial charge in [-0.1, -0.05) is 12.1 Å². The molecule has 11 nitrogen and oxygen atoms in total. The number of nitrogens with zero attached hydrogens (tertiary/aromatic N) is 1. The van der Waals surface area contributed by atoms with E-state index in [1.807, 2.05) is 26.8 Å². The molecule has 38 heavy (non-hydrogen) atoms. The molecule has 0 heterocycles. The predicted molar refractivity (Wildman–Crippen MR) is 144 cm³/mol. The second-order valence-corrected chi connectivity index (χ2v) is 9.28. The van der Waals surface area contributed by atoms with Crippen LogP contribution in [0.2, 0.25) is 0 Å². The zero-order chi connectivity index (χ0) is 28.3. The Morgan fingerprint density at radius 3 is 1.92 bits per heavy atom. The summed E-state index contributed by atoms with van der Waals surface area (Å²) in [5, 5.41) is 5.65. The quantitative estimate of drug-likeness (QED) is 0.278. The van der Waals surface area contributed by atoms with Crippen molar-refractivity contribution in [2.45, 2.75) is 45.4 Å². The number of nitrogens with two attached hydrogens (primary N) is 1. The van der Waals surface area contributed by atoms with Crippen LogP contribution in [-0.4, -0.2) is 64.5 Å². The monoisotopic (exact) mass is 530 g/mol. The third-order valence-electron chi connectivity index (χ3n) is 5.28. The lowest BCUT2D eigenvalue weighted by Crippen LogP contribution is -2.52. The molecule has 2 amide bonds. The standard InChI is InChI=1S/C27H38N4O7/c1-27(2,3)38-16-19(25(33)29-15-18-9-11-21(35-5)23(13-18)37-7)30-26(28)31-24(32)14-17-8-10-20(34-4)22(12-17)36-6/h8-13,19H,14-16H2,1-7H3,(H,29,33)(H3,28,30,31,32). The SMILES string of the molecule is COc1ccc(CNC(=O)C(COC(C)(C)C)NC(N)=NC(=O)Cc2ccc(OC)c(OC)c2)cc1OC. The summed E-state index contributed by atoms with van der Waals surface area (Å²) in [5.41, 5.74) is 6.97. The third-order valence-corrected chi connectivity index (χ3v) is 5.28. The molecule has 0 saturated heterocycles. The highest BCUT2D eigenvalue weighted by molar-refractivity contribution is 5.95. The molecular formula is C27H38N4O7. The van der Waals surface area contributed by atoms with Crippen molar-refractivity contribution in [1.82, 2.24) is 10.6 Å². The highest BCUT2D eigenvalue weighted by Gasteiger charge is 2.23. The Labute approximate surface area is 223 Å². The first-order valence-corrected chi connectivity index (χ1v) is 12.0. The fourth-order valence-corrected chi connectivity index (χ4v) is 3.37. The van der Waals surface area contributed by atoms with Crippen molar-refractivity contribution >= 4 is 17.8 Å². The fourth-order valence-electron chi connectivity index (χ4n) is 3.37. The molecule has 0 bridgehead atoms. The van der Waals surface area contributed by atoms with E-state index < -0.39 is 17.6 Å². The Kier molecular flexibility index (Phi) is 11.2. The fraction of sp³-hybridized carbons (Fsp3) is 0.444. The zero-order valence-corrected chi connectivity index (χ0v) is 23.0. The van der Waals surface area contributed by atoms with Gasteiger partial charge in [0, 0.05) is 6.54 Å². The number of hydrogen-bond acceptors (Lipinski definition) is 7. The molecule has 0 fully saturated rings. The first kappa shape index (κ1) is 30.2. The molecule has 0 saturated carbocycles. The van der Waals surface area contributed by atoms with E-state index in [0.29, 0.717) is 28.6 Å². The van der Waals surface area contributed by atoms with Crippen LogP contribution < -0.4 is 35.3 Å². The average molecular weight is 531 g/mol. The number of methoxy groups -OCH3 is 4. The largest absolute Gasteiger partial charge is 0.493 e. The highest BCUT2D eigenvalue weighted by atomic mass is 16.5. The van der Waals surface area contributed by atoms with Crippen LogP contribution in [0.5, 0.6) is 23.0 Å². The predicted octanol–water partition coefficient (Wildman–Crippen LogP) is 2.19. The molecule has 11 heteroatoms. The summed E-state index contributed by atoms with van der Waals surface area (Å²) >= 11 is 0. The zero-order valence-electron chi connectivity index (χ0n) is 23.0. The smallest absolute Gasteiger partial charge is 0.253 e. The lowest BCUT2D eigenvalue weighted by atomic mass is 10.1. The molecule has 0 aliphatic rings. The molecule has 1 atom stereocenters. The van der Waals surface area contributed by atoms with E-state index in [0.717, 1.165) is 5.56 Å². The third kappa shape index (κ3) is 9.47. The van der Waals surface area contributed by atoms with Gasteiger partial charge in [0.2, 0.25) is 5.91 Å². The number of benzene rings is 2. The van der Waals surface area contributed by atoms with Gasteiger partial charge in [-0.3, -0.25) is 9.59 Å². The van der Waals surface area contributed by atoms with Crippen LogP contribution in [0.1, 0.15) is 31.9 Å². The van der Waals surface area contributed by atoms with Gasteiger partial charge in [-0.2, -0.15) is 4.99 Å². The highest BCUT2D eigenvalue weighted by Crippen LogP contribution is 2.28. The van der Waals surface area contributed by atoms with Gasteiger partial charge in [0.15, 0.2) is 29.0 Å². The van der Waals surface area contributed by atoms with Gasteiger partial charge >= 0.3 is 0 Å². The topological polar surface area (TPSA) is 143 Å². The summed E-state index contributed by atoms with van der Waals surface area (Å²) in [6.07, 6.45) is -0.0165. The number of aliphatic imine (C=N–C) groups is 1. The Morgan fingerprint density at radius 2 is 1.39 bits per heavy atom. The molecule has 2 aromatic rings. The molecule has 0 aromatic heterocycles. The van der Waals surface area contributed by atoms with Crippen LogP contribution in [0.3, 0.4) is 0 Å². The van der Waals surface area contributed by atoms with Gasteiger partial charge in [0.25, 0.3) is 5.91 Å². The Balaban J connectivity index is 2.09. The maximum absolute atomic E-state index is 13.0. The van der Waals surface area contributed by atoms with E-state index in [4.69, 9.17) is 29.4 Å². The minimum Gasteiger partial charge on any atom is -0.493 e. The van der Waals surface area contributed by atoms with E-state index in [2.05, 4.69) is 15.6 Å². The van der Waals surface area contributed by atoms with Crippen LogP contribution in [-0.2, 0) is 27.3 Å². The lowest BCUT2D eigenvalue weighted by molar-refractivity contribution is -0.126. The number of nitrogens with one attached hydrogen (secondary N) is 2. The van der Waals surface area contributed by atoms with E-state index in [1.165, 1.54) is 14.2 Å².